The highest BCUT2D eigenvalue weighted by Gasteiger charge is 2.23. The van der Waals surface area contributed by atoms with Crippen molar-refractivity contribution < 1.29 is 14.3 Å². The Bertz CT molecular complexity index is 718. The van der Waals surface area contributed by atoms with Crippen molar-refractivity contribution in [3.63, 3.8) is 0 Å². The van der Waals surface area contributed by atoms with E-state index in [0.717, 1.165) is 17.7 Å². The van der Waals surface area contributed by atoms with Gasteiger partial charge in [0.2, 0.25) is 11.8 Å². The molecule has 2 heterocycles. The third-order valence-corrected chi connectivity index (χ3v) is 3.91. The van der Waals surface area contributed by atoms with E-state index in [4.69, 9.17) is 4.74 Å². The molecule has 6 nitrogen and oxygen atoms in total. The molecule has 1 aliphatic rings. The Kier molecular flexibility index (Phi) is 5.05. The molecule has 0 radical (unpaired) electrons. The van der Waals surface area contributed by atoms with Gasteiger partial charge in [0.1, 0.15) is 5.75 Å². The second-order valence-electron chi connectivity index (χ2n) is 5.64. The summed E-state index contributed by atoms with van der Waals surface area (Å²) in [4.78, 5) is 27.9. The summed E-state index contributed by atoms with van der Waals surface area (Å²) < 4.78 is 5.60. The molecule has 24 heavy (non-hydrogen) atoms. The molecule has 1 aromatic heterocycles. The van der Waals surface area contributed by atoms with Gasteiger partial charge in [0.25, 0.3) is 0 Å². The molecule has 1 aliphatic heterocycles. The molecule has 2 N–H and O–H groups in total. The first kappa shape index (κ1) is 16.0. The van der Waals surface area contributed by atoms with Crippen LogP contribution in [0.3, 0.4) is 0 Å². The Balaban J connectivity index is 1.49. The molecule has 0 saturated carbocycles. The molecule has 0 spiro atoms. The summed E-state index contributed by atoms with van der Waals surface area (Å²) in [5, 5.41) is 5.35. The summed E-state index contributed by atoms with van der Waals surface area (Å²) >= 11 is 0. The van der Waals surface area contributed by atoms with Crippen molar-refractivity contribution in [2.45, 2.75) is 18.8 Å². The van der Waals surface area contributed by atoms with Gasteiger partial charge in [-0.3, -0.25) is 14.6 Å². The number of carbonyl (C=O) groups is 2. The number of rotatable bonds is 5. The highest BCUT2D eigenvalue weighted by Crippen LogP contribution is 2.35. The zero-order valence-corrected chi connectivity index (χ0v) is 13.2. The van der Waals surface area contributed by atoms with E-state index in [2.05, 4.69) is 15.6 Å². The zero-order valence-electron chi connectivity index (χ0n) is 13.2. The first-order chi connectivity index (χ1) is 11.7. The Hall–Kier alpha value is -2.89. The van der Waals surface area contributed by atoms with Crippen LogP contribution in [0.4, 0.5) is 5.69 Å². The number of fused-ring (bicyclic) bond motifs is 1. The van der Waals surface area contributed by atoms with E-state index in [9.17, 15) is 9.59 Å². The standard InChI is InChI=1S/C18H19N3O3/c22-17(20-12-18(23)21-14-4-3-8-19-11-14)10-13-7-9-24-16-6-2-1-5-15(13)16/h1-6,8,11,13H,7,9-10,12H2,(H,20,22)(H,21,23)/t13-/m1/s1. The molecule has 0 aliphatic carbocycles. The number of hydrogen-bond acceptors (Lipinski definition) is 4. The maximum Gasteiger partial charge on any atom is 0.243 e. The number of hydrogen-bond donors (Lipinski definition) is 2. The molecule has 0 saturated heterocycles. The van der Waals surface area contributed by atoms with Crippen LogP contribution in [0.15, 0.2) is 48.8 Å². The molecule has 0 bridgehead atoms. The Morgan fingerprint density at radius 3 is 2.88 bits per heavy atom. The number of ether oxygens (including phenoxy) is 1. The first-order valence-electron chi connectivity index (χ1n) is 7.90. The average Bonchev–Trinajstić information content (AvgIpc) is 2.61. The fourth-order valence-electron chi connectivity index (χ4n) is 2.74. The molecule has 124 valence electrons. The zero-order chi connectivity index (χ0) is 16.8. The number of anilines is 1. The minimum absolute atomic E-state index is 0.0569. The van der Waals surface area contributed by atoms with Gasteiger partial charge in [-0.1, -0.05) is 18.2 Å². The molecule has 0 unspecified atom stereocenters. The number of carbonyl (C=O) groups excluding carboxylic acids is 2. The van der Waals surface area contributed by atoms with E-state index in [0.29, 0.717) is 18.7 Å². The number of nitrogens with one attached hydrogen (secondary N) is 2. The first-order valence-corrected chi connectivity index (χ1v) is 7.90. The Morgan fingerprint density at radius 1 is 1.17 bits per heavy atom. The molecule has 1 aromatic carbocycles. The summed E-state index contributed by atoms with van der Waals surface area (Å²) in [6, 6.07) is 11.2. The Morgan fingerprint density at radius 2 is 2.04 bits per heavy atom. The van der Waals surface area contributed by atoms with E-state index >= 15 is 0 Å². The van der Waals surface area contributed by atoms with Crippen molar-refractivity contribution in [1.82, 2.24) is 10.3 Å². The largest absolute Gasteiger partial charge is 0.493 e. The van der Waals surface area contributed by atoms with Crippen LogP contribution in [0.5, 0.6) is 5.75 Å². The third-order valence-electron chi connectivity index (χ3n) is 3.91. The van der Waals surface area contributed by atoms with Gasteiger partial charge >= 0.3 is 0 Å². The van der Waals surface area contributed by atoms with Crippen LogP contribution in [0.25, 0.3) is 0 Å². The normalized spacial score (nSPS) is 15.8. The molecule has 2 amide bonds. The highest BCUT2D eigenvalue weighted by molar-refractivity contribution is 5.94. The predicted molar refractivity (Wildman–Crippen MR) is 89.8 cm³/mol. The monoisotopic (exact) mass is 325 g/mol. The van der Waals surface area contributed by atoms with Crippen LogP contribution in [0.1, 0.15) is 24.3 Å². The van der Waals surface area contributed by atoms with Crippen molar-refractivity contribution in [3.8, 4) is 5.75 Å². The minimum atomic E-state index is -0.274. The van der Waals surface area contributed by atoms with Gasteiger partial charge in [0, 0.05) is 12.6 Å². The quantitative estimate of drug-likeness (QED) is 0.882. The summed E-state index contributed by atoms with van der Waals surface area (Å²) in [5.74, 6) is 0.550. The van der Waals surface area contributed by atoms with Crippen molar-refractivity contribution in [3.05, 3.63) is 54.4 Å². The predicted octanol–water partition coefficient (Wildman–Crippen LogP) is 2.09. The molecule has 6 heteroatoms. The smallest absolute Gasteiger partial charge is 0.243 e. The van der Waals surface area contributed by atoms with E-state index < -0.39 is 0 Å². The van der Waals surface area contributed by atoms with Gasteiger partial charge < -0.3 is 15.4 Å². The fourth-order valence-corrected chi connectivity index (χ4v) is 2.74. The van der Waals surface area contributed by atoms with Gasteiger partial charge in [0.15, 0.2) is 0 Å². The average molecular weight is 325 g/mol. The molecule has 0 fully saturated rings. The molecule has 3 rings (SSSR count). The van der Waals surface area contributed by atoms with Crippen LogP contribution in [-0.4, -0.2) is 29.9 Å². The van der Waals surface area contributed by atoms with Crippen molar-refractivity contribution in [2.24, 2.45) is 0 Å². The van der Waals surface area contributed by atoms with E-state index in [1.807, 2.05) is 24.3 Å². The van der Waals surface area contributed by atoms with Crippen LogP contribution < -0.4 is 15.4 Å². The van der Waals surface area contributed by atoms with Gasteiger partial charge in [-0.25, -0.2) is 0 Å². The van der Waals surface area contributed by atoms with Crippen LogP contribution in [-0.2, 0) is 9.59 Å². The van der Waals surface area contributed by atoms with Crippen LogP contribution in [0.2, 0.25) is 0 Å². The van der Waals surface area contributed by atoms with Crippen LogP contribution >= 0.6 is 0 Å². The molecular formula is C18H19N3O3. The lowest BCUT2D eigenvalue weighted by Gasteiger charge is -2.25. The molecule has 1 atom stereocenters. The maximum atomic E-state index is 12.1. The maximum absolute atomic E-state index is 12.1. The molecule has 2 aromatic rings. The second-order valence-corrected chi connectivity index (χ2v) is 5.64. The van der Waals surface area contributed by atoms with Crippen LogP contribution in [0, 0.1) is 0 Å². The lowest BCUT2D eigenvalue weighted by atomic mass is 9.90. The summed E-state index contributed by atoms with van der Waals surface area (Å²) in [6.07, 6.45) is 4.33. The topological polar surface area (TPSA) is 80.3 Å². The SMILES string of the molecule is O=C(C[C@H]1CCOc2ccccc21)NCC(=O)Nc1cccnc1. The minimum Gasteiger partial charge on any atom is -0.493 e. The summed E-state index contributed by atoms with van der Waals surface area (Å²) in [5.41, 5.74) is 1.66. The van der Waals surface area contributed by atoms with E-state index in [1.54, 1.807) is 24.5 Å². The van der Waals surface area contributed by atoms with Crippen molar-refractivity contribution in [2.75, 3.05) is 18.5 Å². The summed E-state index contributed by atoms with van der Waals surface area (Å²) in [7, 11) is 0. The highest BCUT2D eigenvalue weighted by atomic mass is 16.5. The van der Waals surface area contributed by atoms with E-state index in [1.165, 1.54) is 0 Å². The van der Waals surface area contributed by atoms with Gasteiger partial charge in [0.05, 0.1) is 25.0 Å². The van der Waals surface area contributed by atoms with Gasteiger partial charge in [-0.15, -0.1) is 0 Å². The lowest BCUT2D eigenvalue weighted by molar-refractivity contribution is -0.124. The lowest BCUT2D eigenvalue weighted by Crippen LogP contribution is -2.34. The molecular weight excluding hydrogens is 306 g/mol. The number of aromatic nitrogens is 1. The Labute approximate surface area is 140 Å². The van der Waals surface area contributed by atoms with E-state index in [-0.39, 0.29) is 24.3 Å². The van der Waals surface area contributed by atoms with Crippen molar-refractivity contribution in [1.29, 1.82) is 0 Å². The number of nitrogens with zero attached hydrogens (tertiary/aromatic N) is 1. The third kappa shape index (κ3) is 4.10. The second kappa shape index (κ2) is 7.59. The number of benzene rings is 1. The van der Waals surface area contributed by atoms with Crippen molar-refractivity contribution >= 4 is 17.5 Å². The summed E-state index contributed by atoms with van der Waals surface area (Å²) in [6.45, 7) is 0.551. The number of para-hydroxylation sites is 1. The number of amides is 2. The number of pyridine rings is 1. The fraction of sp³-hybridized carbons (Fsp3) is 0.278. The van der Waals surface area contributed by atoms with Gasteiger partial charge in [-0.05, 0) is 36.1 Å². The van der Waals surface area contributed by atoms with Gasteiger partial charge in [-0.2, -0.15) is 0 Å².